The molecule has 0 heterocycles. The highest BCUT2D eigenvalue weighted by Crippen LogP contribution is 2.16. The Kier molecular flexibility index (Phi) is 5.45. The molecule has 0 radical (unpaired) electrons. The number of anilines is 2. The van der Waals surface area contributed by atoms with E-state index in [1.165, 1.54) is 0 Å². The Morgan fingerprint density at radius 1 is 1.41 bits per heavy atom. The van der Waals surface area contributed by atoms with Crippen molar-refractivity contribution in [2.45, 2.75) is 6.92 Å². The molecular weight excluding hydrogens is 220 g/mol. The third-order valence-electron chi connectivity index (χ3n) is 2.22. The van der Waals surface area contributed by atoms with E-state index in [2.05, 4.69) is 5.32 Å². The summed E-state index contributed by atoms with van der Waals surface area (Å²) >= 11 is 0. The fraction of sp³-hybridized carbons (Fsp3) is 0.417. The van der Waals surface area contributed by atoms with Crippen LogP contribution in [0, 0.1) is 6.92 Å². The SMILES string of the molecule is COCCOCC(=O)Nc1ccc(N)c(C)c1. The number of ether oxygens (including phenoxy) is 2. The van der Waals surface area contributed by atoms with E-state index in [-0.39, 0.29) is 12.5 Å². The highest BCUT2D eigenvalue weighted by Gasteiger charge is 2.03. The number of rotatable bonds is 6. The molecule has 0 aliphatic rings. The van der Waals surface area contributed by atoms with E-state index in [9.17, 15) is 4.79 Å². The topological polar surface area (TPSA) is 73.6 Å². The van der Waals surface area contributed by atoms with Crippen LogP contribution in [0.2, 0.25) is 0 Å². The molecule has 0 spiro atoms. The van der Waals surface area contributed by atoms with Gasteiger partial charge in [-0.05, 0) is 30.7 Å². The van der Waals surface area contributed by atoms with Gasteiger partial charge in [-0.15, -0.1) is 0 Å². The van der Waals surface area contributed by atoms with Crippen LogP contribution in [-0.2, 0) is 14.3 Å². The van der Waals surface area contributed by atoms with Gasteiger partial charge in [-0.2, -0.15) is 0 Å². The summed E-state index contributed by atoms with van der Waals surface area (Å²) in [7, 11) is 1.58. The molecule has 0 atom stereocenters. The zero-order valence-corrected chi connectivity index (χ0v) is 10.2. The summed E-state index contributed by atoms with van der Waals surface area (Å²) in [6.07, 6.45) is 0. The Morgan fingerprint density at radius 3 is 2.82 bits per heavy atom. The maximum Gasteiger partial charge on any atom is 0.250 e. The van der Waals surface area contributed by atoms with Gasteiger partial charge >= 0.3 is 0 Å². The fourth-order valence-electron chi connectivity index (χ4n) is 1.26. The van der Waals surface area contributed by atoms with Crippen LogP contribution in [0.5, 0.6) is 0 Å². The number of methoxy groups -OCH3 is 1. The summed E-state index contributed by atoms with van der Waals surface area (Å²) in [5, 5.41) is 2.73. The van der Waals surface area contributed by atoms with Crippen LogP contribution in [0.3, 0.4) is 0 Å². The molecule has 0 saturated carbocycles. The lowest BCUT2D eigenvalue weighted by molar-refractivity contribution is -0.121. The Hall–Kier alpha value is -1.59. The summed E-state index contributed by atoms with van der Waals surface area (Å²) in [5.74, 6) is -0.190. The monoisotopic (exact) mass is 238 g/mol. The Balaban J connectivity index is 2.37. The second-order valence-electron chi connectivity index (χ2n) is 3.66. The van der Waals surface area contributed by atoms with Crippen LogP contribution in [0.4, 0.5) is 11.4 Å². The number of amides is 1. The molecule has 5 nitrogen and oxygen atoms in total. The van der Waals surface area contributed by atoms with Crippen LogP contribution in [0.15, 0.2) is 18.2 Å². The lowest BCUT2D eigenvalue weighted by Gasteiger charge is -2.08. The van der Waals surface area contributed by atoms with Gasteiger partial charge < -0.3 is 20.5 Å². The zero-order chi connectivity index (χ0) is 12.7. The zero-order valence-electron chi connectivity index (χ0n) is 10.2. The Morgan fingerprint density at radius 2 is 2.18 bits per heavy atom. The first-order chi connectivity index (χ1) is 8.13. The molecule has 0 unspecified atom stereocenters. The smallest absolute Gasteiger partial charge is 0.250 e. The quantitative estimate of drug-likeness (QED) is 0.576. The van der Waals surface area contributed by atoms with E-state index < -0.39 is 0 Å². The van der Waals surface area contributed by atoms with Crippen molar-refractivity contribution >= 4 is 17.3 Å². The molecule has 3 N–H and O–H groups in total. The minimum atomic E-state index is -0.190. The van der Waals surface area contributed by atoms with Gasteiger partial charge in [-0.1, -0.05) is 0 Å². The van der Waals surface area contributed by atoms with Gasteiger partial charge in [0.1, 0.15) is 6.61 Å². The van der Waals surface area contributed by atoms with Crippen molar-refractivity contribution in [2.75, 3.05) is 38.0 Å². The summed E-state index contributed by atoms with van der Waals surface area (Å²) in [6, 6.07) is 5.34. The van der Waals surface area contributed by atoms with E-state index in [0.717, 1.165) is 11.3 Å². The first kappa shape index (κ1) is 13.5. The van der Waals surface area contributed by atoms with Crippen molar-refractivity contribution in [1.29, 1.82) is 0 Å². The molecule has 17 heavy (non-hydrogen) atoms. The van der Waals surface area contributed by atoms with Crippen LogP contribution < -0.4 is 11.1 Å². The molecule has 1 aromatic carbocycles. The van der Waals surface area contributed by atoms with Gasteiger partial charge in [-0.25, -0.2) is 0 Å². The van der Waals surface area contributed by atoms with Crippen LogP contribution in [0.25, 0.3) is 0 Å². The summed E-state index contributed by atoms with van der Waals surface area (Å²) in [5.41, 5.74) is 8.04. The molecule has 0 aromatic heterocycles. The molecule has 0 aliphatic carbocycles. The predicted molar refractivity (Wildman–Crippen MR) is 66.9 cm³/mol. The second-order valence-corrected chi connectivity index (χ2v) is 3.66. The minimum absolute atomic E-state index is 0.0206. The van der Waals surface area contributed by atoms with E-state index in [1.807, 2.05) is 13.0 Å². The molecule has 1 aromatic rings. The molecule has 5 heteroatoms. The van der Waals surface area contributed by atoms with E-state index in [0.29, 0.717) is 18.9 Å². The first-order valence-electron chi connectivity index (χ1n) is 5.36. The van der Waals surface area contributed by atoms with E-state index in [4.69, 9.17) is 15.2 Å². The van der Waals surface area contributed by atoms with Crippen LogP contribution >= 0.6 is 0 Å². The number of hydrogen-bond acceptors (Lipinski definition) is 4. The number of carbonyl (C=O) groups is 1. The average molecular weight is 238 g/mol. The number of aryl methyl sites for hydroxylation is 1. The van der Waals surface area contributed by atoms with Crippen molar-refractivity contribution < 1.29 is 14.3 Å². The van der Waals surface area contributed by atoms with Gasteiger partial charge in [0.15, 0.2) is 0 Å². The normalized spacial score (nSPS) is 10.2. The van der Waals surface area contributed by atoms with Crippen LogP contribution in [-0.4, -0.2) is 32.8 Å². The number of nitrogens with two attached hydrogens (primary N) is 1. The number of hydrogen-bond donors (Lipinski definition) is 2. The van der Waals surface area contributed by atoms with Crippen molar-refractivity contribution in [3.8, 4) is 0 Å². The number of nitrogens with one attached hydrogen (secondary N) is 1. The van der Waals surface area contributed by atoms with Crippen molar-refractivity contribution in [3.05, 3.63) is 23.8 Å². The lowest BCUT2D eigenvalue weighted by Crippen LogP contribution is -2.19. The highest BCUT2D eigenvalue weighted by molar-refractivity contribution is 5.92. The molecule has 1 rings (SSSR count). The molecule has 0 bridgehead atoms. The molecule has 1 amide bonds. The highest BCUT2D eigenvalue weighted by atomic mass is 16.5. The standard InChI is InChI=1S/C12H18N2O3/c1-9-7-10(3-4-11(9)13)14-12(15)8-17-6-5-16-2/h3-4,7H,5-6,8,13H2,1-2H3,(H,14,15). The van der Waals surface area contributed by atoms with Gasteiger partial charge in [0.2, 0.25) is 5.91 Å². The molecular formula is C12H18N2O3. The average Bonchev–Trinajstić information content (AvgIpc) is 2.30. The largest absolute Gasteiger partial charge is 0.399 e. The molecule has 0 saturated heterocycles. The summed E-state index contributed by atoms with van der Waals surface area (Å²) < 4.78 is 9.90. The van der Waals surface area contributed by atoms with E-state index >= 15 is 0 Å². The van der Waals surface area contributed by atoms with E-state index in [1.54, 1.807) is 19.2 Å². The molecule has 94 valence electrons. The van der Waals surface area contributed by atoms with Gasteiger partial charge in [-0.3, -0.25) is 4.79 Å². The summed E-state index contributed by atoms with van der Waals surface area (Å²) in [6.45, 7) is 2.80. The number of nitrogen functional groups attached to an aromatic ring is 1. The van der Waals surface area contributed by atoms with Crippen molar-refractivity contribution in [3.63, 3.8) is 0 Å². The predicted octanol–water partition coefficient (Wildman–Crippen LogP) is 1.18. The third-order valence-corrected chi connectivity index (χ3v) is 2.22. The van der Waals surface area contributed by atoms with Gasteiger partial charge in [0.25, 0.3) is 0 Å². The lowest BCUT2D eigenvalue weighted by atomic mass is 10.2. The third kappa shape index (κ3) is 4.84. The van der Waals surface area contributed by atoms with Gasteiger partial charge in [0.05, 0.1) is 13.2 Å². The van der Waals surface area contributed by atoms with Gasteiger partial charge in [0, 0.05) is 18.5 Å². The molecule has 0 aliphatic heterocycles. The minimum Gasteiger partial charge on any atom is -0.399 e. The van der Waals surface area contributed by atoms with Crippen LogP contribution in [0.1, 0.15) is 5.56 Å². The maximum absolute atomic E-state index is 11.5. The first-order valence-corrected chi connectivity index (χ1v) is 5.36. The number of carbonyl (C=O) groups excluding carboxylic acids is 1. The number of benzene rings is 1. The fourth-order valence-corrected chi connectivity index (χ4v) is 1.26. The summed E-state index contributed by atoms with van der Waals surface area (Å²) in [4.78, 5) is 11.5. The Labute approximate surface area is 101 Å². The maximum atomic E-state index is 11.5. The molecule has 0 fully saturated rings. The second kappa shape index (κ2) is 6.88. The Bertz CT molecular complexity index is 380. The van der Waals surface area contributed by atoms with Crippen molar-refractivity contribution in [2.24, 2.45) is 0 Å². The van der Waals surface area contributed by atoms with Crippen molar-refractivity contribution in [1.82, 2.24) is 0 Å².